The van der Waals surface area contributed by atoms with Gasteiger partial charge in [-0.2, -0.15) is 0 Å². The molecule has 7 heteroatoms. The van der Waals surface area contributed by atoms with Crippen LogP contribution in [0.4, 0.5) is 5.69 Å². The highest BCUT2D eigenvalue weighted by molar-refractivity contribution is 7.89. The van der Waals surface area contributed by atoms with Crippen LogP contribution in [0, 0.1) is 16.0 Å². The number of hydrogen-bond acceptors (Lipinski definition) is 4. The van der Waals surface area contributed by atoms with Gasteiger partial charge in [-0.15, -0.1) is 0 Å². The molecule has 0 aliphatic rings. The molecular weight excluding hydrogens is 268 g/mol. The summed E-state index contributed by atoms with van der Waals surface area (Å²) in [6.07, 6.45) is 1.80. The van der Waals surface area contributed by atoms with Gasteiger partial charge in [0.15, 0.2) is 0 Å². The van der Waals surface area contributed by atoms with Crippen molar-refractivity contribution in [3.05, 3.63) is 34.4 Å². The highest BCUT2D eigenvalue weighted by Crippen LogP contribution is 2.16. The maximum atomic E-state index is 12.0. The van der Waals surface area contributed by atoms with E-state index in [0.29, 0.717) is 12.5 Å². The average molecular weight is 286 g/mol. The number of sulfonamides is 1. The molecule has 0 atom stereocenters. The van der Waals surface area contributed by atoms with Crippen LogP contribution in [0.1, 0.15) is 26.7 Å². The van der Waals surface area contributed by atoms with Gasteiger partial charge in [-0.1, -0.05) is 26.7 Å². The topological polar surface area (TPSA) is 89.3 Å². The second-order valence-corrected chi connectivity index (χ2v) is 6.05. The van der Waals surface area contributed by atoms with Crippen molar-refractivity contribution in [3.63, 3.8) is 0 Å². The first-order chi connectivity index (χ1) is 8.90. The number of nitrogens with zero attached hydrogens (tertiary/aromatic N) is 1. The van der Waals surface area contributed by atoms with Gasteiger partial charge in [0.1, 0.15) is 0 Å². The van der Waals surface area contributed by atoms with Crippen molar-refractivity contribution in [1.82, 2.24) is 4.72 Å². The molecule has 0 aliphatic heterocycles. The van der Waals surface area contributed by atoms with Crippen LogP contribution in [0.2, 0.25) is 0 Å². The number of benzene rings is 1. The van der Waals surface area contributed by atoms with Gasteiger partial charge in [-0.25, -0.2) is 13.1 Å². The Morgan fingerprint density at radius 1 is 1.21 bits per heavy atom. The highest BCUT2D eigenvalue weighted by Gasteiger charge is 2.16. The summed E-state index contributed by atoms with van der Waals surface area (Å²) in [6, 6.07) is 4.86. The smallest absolute Gasteiger partial charge is 0.258 e. The van der Waals surface area contributed by atoms with Crippen LogP contribution in [0.15, 0.2) is 29.2 Å². The predicted octanol–water partition coefficient (Wildman–Crippen LogP) is 2.31. The van der Waals surface area contributed by atoms with Gasteiger partial charge in [0, 0.05) is 18.7 Å². The Morgan fingerprint density at radius 2 is 1.74 bits per heavy atom. The van der Waals surface area contributed by atoms with Crippen molar-refractivity contribution < 1.29 is 13.3 Å². The number of nitro benzene ring substituents is 1. The van der Waals surface area contributed by atoms with Gasteiger partial charge in [-0.3, -0.25) is 10.1 Å². The molecule has 106 valence electrons. The third kappa shape index (κ3) is 4.29. The molecule has 0 aliphatic carbocycles. The maximum absolute atomic E-state index is 12.0. The van der Waals surface area contributed by atoms with E-state index in [1.54, 1.807) is 0 Å². The molecular formula is C12H18N2O4S. The summed E-state index contributed by atoms with van der Waals surface area (Å²) in [5.74, 6) is 0.299. The molecule has 19 heavy (non-hydrogen) atoms. The molecule has 0 aromatic heterocycles. The van der Waals surface area contributed by atoms with Crippen LogP contribution >= 0.6 is 0 Å². The number of nitro groups is 1. The highest BCUT2D eigenvalue weighted by atomic mass is 32.2. The van der Waals surface area contributed by atoms with E-state index in [2.05, 4.69) is 4.72 Å². The Balaban J connectivity index is 2.80. The van der Waals surface area contributed by atoms with E-state index in [-0.39, 0.29) is 10.6 Å². The zero-order valence-corrected chi connectivity index (χ0v) is 11.8. The van der Waals surface area contributed by atoms with Crippen molar-refractivity contribution in [2.45, 2.75) is 31.6 Å². The molecule has 0 heterocycles. The molecule has 1 aromatic rings. The lowest BCUT2D eigenvalue weighted by Crippen LogP contribution is -2.29. The normalized spacial score (nSPS) is 11.7. The minimum Gasteiger partial charge on any atom is -0.258 e. The van der Waals surface area contributed by atoms with Gasteiger partial charge in [0.05, 0.1) is 9.82 Å². The third-order valence-corrected chi connectivity index (χ3v) is 4.51. The van der Waals surface area contributed by atoms with Crippen molar-refractivity contribution in [2.24, 2.45) is 5.92 Å². The van der Waals surface area contributed by atoms with E-state index in [9.17, 15) is 18.5 Å². The van der Waals surface area contributed by atoms with Crippen molar-refractivity contribution in [3.8, 4) is 0 Å². The summed E-state index contributed by atoms with van der Waals surface area (Å²) in [7, 11) is -3.59. The number of nitrogens with one attached hydrogen (secondary N) is 1. The SMILES string of the molecule is CCC(CC)CNS(=O)(=O)c1ccc([N+](=O)[O-])cc1. The minimum atomic E-state index is -3.59. The summed E-state index contributed by atoms with van der Waals surface area (Å²) in [4.78, 5) is 9.98. The summed E-state index contributed by atoms with van der Waals surface area (Å²) in [6.45, 7) is 4.40. The first kappa shape index (κ1) is 15.6. The molecule has 0 unspecified atom stereocenters. The molecule has 0 radical (unpaired) electrons. The van der Waals surface area contributed by atoms with Crippen LogP contribution < -0.4 is 4.72 Å². The predicted molar refractivity (Wildman–Crippen MR) is 72.4 cm³/mol. The molecule has 0 spiro atoms. The van der Waals surface area contributed by atoms with E-state index in [4.69, 9.17) is 0 Å². The lowest BCUT2D eigenvalue weighted by atomic mass is 10.0. The fraction of sp³-hybridized carbons (Fsp3) is 0.500. The van der Waals surface area contributed by atoms with Crippen LogP contribution in [-0.2, 0) is 10.0 Å². The monoisotopic (exact) mass is 286 g/mol. The number of non-ortho nitro benzene ring substituents is 1. The molecule has 0 amide bonds. The molecule has 0 fully saturated rings. The molecule has 0 saturated heterocycles. The molecule has 0 bridgehead atoms. The van der Waals surface area contributed by atoms with E-state index in [1.807, 2.05) is 13.8 Å². The molecule has 1 N–H and O–H groups in total. The Morgan fingerprint density at radius 3 is 2.16 bits per heavy atom. The summed E-state index contributed by atoms with van der Waals surface area (Å²) < 4.78 is 26.5. The Bertz CT molecular complexity index is 521. The fourth-order valence-electron chi connectivity index (χ4n) is 1.64. The molecule has 0 saturated carbocycles. The van der Waals surface area contributed by atoms with Crippen molar-refractivity contribution in [1.29, 1.82) is 0 Å². The summed E-state index contributed by atoms with van der Waals surface area (Å²) >= 11 is 0. The number of hydrogen-bond donors (Lipinski definition) is 1. The minimum absolute atomic E-state index is 0.0454. The van der Waals surface area contributed by atoms with Crippen molar-refractivity contribution >= 4 is 15.7 Å². The zero-order chi connectivity index (χ0) is 14.5. The summed E-state index contributed by atoms with van der Waals surface area (Å²) in [5, 5.41) is 10.5. The van der Waals surface area contributed by atoms with Crippen LogP contribution in [-0.4, -0.2) is 19.9 Å². The van der Waals surface area contributed by atoms with Crippen LogP contribution in [0.25, 0.3) is 0 Å². The fourth-order valence-corrected chi connectivity index (χ4v) is 2.75. The van der Waals surface area contributed by atoms with Crippen LogP contribution in [0.5, 0.6) is 0 Å². The van der Waals surface area contributed by atoms with Crippen LogP contribution in [0.3, 0.4) is 0 Å². The Hall–Kier alpha value is -1.47. The summed E-state index contributed by atoms with van der Waals surface area (Å²) in [5.41, 5.74) is -0.126. The van der Waals surface area contributed by atoms with E-state index < -0.39 is 14.9 Å². The second kappa shape index (κ2) is 6.63. The van der Waals surface area contributed by atoms with Gasteiger partial charge >= 0.3 is 0 Å². The van der Waals surface area contributed by atoms with Gasteiger partial charge < -0.3 is 0 Å². The lowest BCUT2D eigenvalue weighted by Gasteiger charge is -2.13. The van der Waals surface area contributed by atoms with E-state index >= 15 is 0 Å². The standard InChI is InChI=1S/C12H18N2O4S/c1-3-10(4-2)9-13-19(17,18)12-7-5-11(6-8-12)14(15)16/h5-8,10,13H,3-4,9H2,1-2H3. The molecule has 1 aromatic carbocycles. The largest absolute Gasteiger partial charge is 0.269 e. The first-order valence-electron chi connectivity index (χ1n) is 6.14. The Labute approximate surface area is 113 Å². The van der Waals surface area contributed by atoms with Gasteiger partial charge in [0.25, 0.3) is 5.69 Å². The third-order valence-electron chi connectivity index (χ3n) is 3.07. The van der Waals surface area contributed by atoms with E-state index in [0.717, 1.165) is 12.8 Å². The quantitative estimate of drug-likeness (QED) is 0.615. The lowest BCUT2D eigenvalue weighted by molar-refractivity contribution is -0.384. The Kier molecular flexibility index (Phi) is 5.44. The van der Waals surface area contributed by atoms with Gasteiger partial charge in [0.2, 0.25) is 10.0 Å². The zero-order valence-electron chi connectivity index (χ0n) is 11.0. The first-order valence-corrected chi connectivity index (χ1v) is 7.63. The molecule has 6 nitrogen and oxygen atoms in total. The second-order valence-electron chi connectivity index (χ2n) is 4.29. The van der Waals surface area contributed by atoms with E-state index in [1.165, 1.54) is 24.3 Å². The average Bonchev–Trinajstić information content (AvgIpc) is 2.40. The number of rotatable bonds is 7. The van der Waals surface area contributed by atoms with Crippen molar-refractivity contribution in [2.75, 3.05) is 6.54 Å². The van der Waals surface area contributed by atoms with Gasteiger partial charge in [-0.05, 0) is 18.1 Å². The maximum Gasteiger partial charge on any atom is 0.269 e. The molecule has 1 rings (SSSR count).